The second kappa shape index (κ2) is 6.24. The first kappa shape index (κ1) is 11.8. The second-order valence-electron chi connectivity index (χ2n) is 3.02. The van der Waals surface area contributed by atoms with Gasteiger partial charge in [0.05, 0.1) is 7.11 Å². The van der Waals surface area contributed by atoms with Gasteiger partial charge < -0.3 is 15.4 Å². The minimum absolute atomic E-state index is 0.670. The van der Waals surface area contributed by atoms with Crippen LogP contribution in [0.25, 0.3) is 0 Å². The van der Waals surface area contributed by atoms with Crippen LogP contribution >= 0.6 is 12.2 Å². The first-order chi connectivity index (χ1) is 7.27. The summed E-state index contributed by atoms with van der Waals surface area (Å²) >= 11 is 5.07. The Kier molecular flexibility index (Phi) is 4.90. The van der Waals surface area contributed by atoms with E-state index in [2.05, 4.69) is 10.6 Å². The number of benzene rings is 1. The molecule has 15 heavy (non-hydrogen) atoms. The van der Waals surface area contributed by atoms with E-state index in [4.69, 9.17) is 17.0 Å². The zero-order valence-corrected chi connectivity index (χ0v) is 9.86. The van der Waals surface area contributed by atoms with Gasteiger partial charge in [-0.3, -0.25) is 0 Å². The fourth-order valence-electron chi connectivity index (χ4n) is 1.25. The molecule has 1 aromatic rings. The molecule has 0 spiro atoms. The monoisotopic (exact) mass is 224 g/mol. The third-order valence-corrected chi connectivity index (χ3v) is 2.26. The zero-order valence-electron chi connectivity index (χ0n) is 9.04. The summed E-state index contributed by atoms with van der Waals surface area (Å²) in [5, 5.41) is 6.82. The van der Waals surface area contributed by atoms with Crippen LogP contribution in [-0.2, 0) is 6.54 Å². The van der Waals surface area contributed by atoms with Crippen LogP contribution < -0.4 is 15.4 Å². The molecule has 0 heterocycles. The maximum absolute atomic E-state index is 5.23. The van der Waals surface area contributed by atoms with Crippen LogP contribution in [0.15, 0.2) is 24.3 Å². The van der Waals surface area contributed by atoms with Crippen molar-refractivity contribution in [3.63, 3.8) is 0 Å². The predicted molar refractivity (Wildman–Crippen MR) is 66.1 cm³/mol. The summed E-state index contributed by atoms with van der Waals surface area (Å²) in [6, 6.07) is 7.88. The van der Waals surface area contributed by atoms with Crippen molar-refractivity contribution in [2.75, 3.05) is 13.7 Å². The number of thiocarbonyl (C=S) groups is 1. The first-order valence-corrected chi connectivity index (χ1v) is 5.32. The normalized spacial score (nSPS) is 9.47. The highest BCUT2D eigenvalue weighted by Gasteiger charge is 2.01. The average molecular weight is 224 g/mol. The van der Waals surface area contributed by atoms with Crippen LogP contribution in [0.4, 0.5) is 0 Å². The number of hydrogen-bond donors (Lipinski definition) is 2. The third kappa shape index (κ3) is 3.75. The van der Waals surface area contributed by atoms with Crippen molar-refractivity contribution < 1.29 is 4.74 Å². The van der Waals surface area contributed by atoms with Gasteiger partial charge in [0.2, 0.25) is 0 Å². The smallest absolute Gasteiger partial charge is 0.166 e. The largest absolute Gasteiger partial charge is 0.496 e. The molecule has 4 heteroatoms. The molecule has 82 valence electrons. The first-order valence-electron chi connectivity index (χ1n) is 4.91. The van der Waals surface area contributed by atoms with Crippen LogP contribution in [0.2, 0.25) is 0 Å². The van der Waals surface area contributed by atoms with Gasteiger partial charge in [-0.25, -0.2) is 0 Å². The molecule has 0 aliphatic carbocycles. The second-order valence-corrected chi connectivity index (χ2v) is 3.43. The van der Waals surface area contributed by atoms with Crippen molar-refractivity contribution in [1.82, 2.24) is 10.6 Å². The van der Waals surface area contributed by atoms with Gasteiger partial charge in [-0.1, -0.05) is 18.2 Å². The van der Waals surface area contributed by atoms with E-state index in [1.807, 2.05) is 31.2 Å². The molecule has 0 fully saturated rings. The van der Waals surface area contributed by atoms with E-state index in [-0.39, 0.29) is 0 Å². The quantitative estimate of drug-likeness (QED) is 0.762. The number of ether oxygens (including phenoxy) is 1. The molecule has 3 nitrogen and oxygen atoms in total. The van der Waals surface area contributed by atoms with Crippen molar-refractivity contribution >= 4 is 17.3 Å². The zero-order chi connectivity index (χ0) is 11.1. The van der Waals surface area contributed by atoms with Crippen molar-refractivity contribution in [2.45, 2.75) is 13.5 Å². The Morgan fingerprint density at radius 1 is 1.33 bits per heavy atom. The predicted octanol–water partition coefficient (Wildman–Crippen LogP) is 1.68. The number of nitrogens with one attached hydrogen (secondary N) is 2. The molecule has 0 aliphatic heterocycles. The van der Waals surface area contributed by atoms with E-state index in [1.54, 1.807) is 7.11 Å². The lowest BCUT2D eigenvalue weighted by atomic mass is 10.2. The Labute approximate surface area is 95.8 Å². The van der Waals surface area contributed by atoms with Gasteiger partial charge >= 0.3 is 0 Å². The number of hydrogen-bond acceptors (Lipinski definition) is 2. The van der Waals surface area contributed by atoms with Crippen molar-refractivity contribution in [3.8, 4) is 5.75 Å². The van der Waals surface area contributed by atoms with E-state index in [0.29, 0.717) is 11.7 Å². The fraction of sp³-hybridized carbons (Fsp3) is 0.364. The van der Waals surface area contributed by atoms with Crippen LogP contribution in [0, 0.1) is 0 Å². The Morgan fingerprint density at radius 3 is 2.73 bits per heavy atom. The molecule has 0 amide bonds. The molecule has 0 saturated carbocycles. The van der Waals surface area contributed by atoms with E-state index < -0.39 is 0 Å². The molecular formula is C11H16N2OS. The average Bonchev–Trinajstić information content (AvgIpc) is 2.27. The molecule has 1 aromatic carbocycles. The lowest BCUT2D eigenvalue weighted by molar-refractivity contribution is 0.409. The van der Waals surface area contributed by atoms with E-state index in [0.717, 1.165) is 17.9 Å². The summed E-state index contributed by atoms with van der Waals surface area (Å²) in [5.74, 6) is 0.879. The molecule has 2 N–H and O–H groups in total. The standard InChI is InChI=1S/C11H16N2OS/c1-3-12-11(15)13-8-9-6-4-5-7-10(9)14-2/h4-7H,3,8H2,1-2H3,(H2,12,13,15). The van der Waals surface area contributed by atoms with Crippen LogP contribution in [0.1, 0.15) is 12.5 Å². The molecule has 0 unspecified atom stereocenters. The van der Waals surface area contributed by atoms with E-state index in [9.17, 15) is 0 Å². The lowest BCUT2D eigenvalue weighted by Gasteiger charge is -2.11. The van der Waals surface area contributed by atoms with Crippen LogP contribution in [0.5, 0.6) is 5.75 Å². The summed E-state index contributed by atoms with van der Waals surface area (Å²) in [6.45, 7) is 3.52. The SMILES string of the molecule is CCNC(=S)NCc1ccccc1OC. The van der Waals surface area contributed by atoms with Gasteiger partial charge in [0.15, 0.2) is 5.11 Å². The van der Waals surface area contributed by atoms with E-state index >= 15 is 0 Å². The lowest BCUT2D eigenvalue weighted by Crippen LogP contribution is -2.34. The summed E-state index contributed by atoms with van der Waals surface area (Å²) in [7, 11) is 1.67. The fourth-order valence-corrected chi connectivity index (χ4v) is 1.46. The third-order valence-electron chi connectivity index (χ3n) is 1.97. The van der Waals surface area contributed by atoms with Gasteiger partial charge in [0.1, 0.15) is 5.75 Å². The molecule has 0 aliphatic rings. The summed E-state index contributed by atoms with van der Waals surface area (Å²) in [5.41, 5.74) is 1.10. The Balaban J connectivity index is 2.53. The van der Waals surface area contributed by atoms with Crippen molar-refractivity contribution in [2.24, 2.45) is 0 Å². The number of rotatable bonds is 4. The van der Waals surface area contributed by atoms with Crippen molar-refractivity contribution in [1.29, 1.82) is 0 Å². The minimum Gasteiger partial charge on any atom is -0.496 e. The maximum atomic E-state index is 5.23. The highest BCUT2D eigenvalue weighted by molar-refractivity contribution is 7.80. The maximum Gasteiger partial charge on any atom is 0.166 e. The number of para-hydroxylation sites is 1. The highest BCUT2D eigenvalue weighted by atomic mass is 32.1. The molecule has 0 saturated heterocycles. The van der Waals surface area contributed by atoms with E-state index in [1.165, 1.54) is 0 Å². The number of methoxy groups -OCH3 is 1. The van der Waals surface area contributed by atoms with Gasteiger partial charge in [0, 0.05) is 18.7 Å². The molecule has 0 aromatic heterocycles. The molecule has 1 rings (SSSR count). The Morgan fingerprint density at radius 2 is 2.07 bits per heavy atom. The van der Waals surface area contributed by atoms with Gasteiger partial charge in [0.25, 0.3) is 0 Å². The molecule has 0 radical (unpaired) electrons. The highest BCUT2D eigenvalue weighted by Crippen LogP contribution is 2.16. The van der Waals surface area contributed by atoms with Gasteiger partial charge in [-0.2, -0.15) is 0 Å². The summed E-state index contributed by atoms with van der Waals surface area (Å²) in [4.78, 5) is 0. The van der Waals surface area contributed by atoms with Crippen molar-refractivity contribution in [3.05, 3.63) is 29.8 Å². The summed E-state index contributed by atoms with van der Waals surface area (Å²) in [6.07, 6.45) is 0. The topological polar surface area (TPSA) is 33.3 Å². The minimum atomic E-state index is 0.670. The molecule has 0 atom stereocenters. The summed E-state index contributed by atoms with van der Waals surface area (Å²) < 4.78 is 5.23. The van der Waals surface area contributed by atoms with Gasteiger partial charge in [-0.15, -0.1) is 0 Å². The Bertz CT molecular complexity index is 328. The van der Waals surface area contributed by atoms with Gasteiger partial charge in [-0.05, 0) is 25.2 Å². The van der Waals surface area contributed by atoms with Crippen LogP contribution in [-0.4, -0.2) is 18.8 Å². The molecular weight excluding hydrogens is 208 g/mol. The Hall–Kier alpha value is -1.29. The van der Waals surface area contributed by atoms with Crippen LogP contribution in [0.3, 0.4) is 0 Å². The molecule has 0 bridgehead atoms.